The number of nitrogens with zero attached hydrogens (tertiary/aromatic N) is 2. The van der Waals surface area contributed by atoms with Crippen molar-refractivity contribution in [2.75, 3.05) is 18.9 Å². The molecule has 1 aliphatic heterocycles. The molecule has 0 saturated heterocycles. The monoisotopic (exact) mass is 292 g/mol. The van der Waals surface area contributed by atoms with E-state index in [1.165, 1.54) is 0 Å². The quantitative estimate of drug-likeness (QED) is 0.798. The van der Waals surface area contributed by atoms with Crippen molar-refractivity contribution in [2.24, 2.45) is 4.99 Å². The molecule has 0 spiro atoms. The maximum atomic E-state index is 11.8. The number of aliphatic imine (C=N–C) groups is 1. The van der Waals surface area contributed by atoms with Crippen LogP contribution >= 0.6 is 23.5 Å². The minimum absolute atomic E-state index is 0.219. The number of ether oxygens (including phenoxy) is 1. The highest BCUT2D eigenvalue weighted by Gasteiger charge is 2.14. The van der Waals surface area contributed by atoms with E-state index in [2.05, 4.69) is 4.99 Å². The van der Waals surface area contributed by atoms with E-state index in [-0.39, 0.29) is 6.61 Å². The molecule has 19 heavy (non-hydrogen) atoms. The summed E-state index contributed by atoms with van der Waals surface area (Å²) in [5.74, 6) is 1.27. The number of thioether (sulfide) groups is 2. The van der Waals surface area contributed by atoms with Crippen molar-refractivity contribution in [2.45, 2.75) is 5.75 Å². The summed E-state index contributed by atoms with van der Waals surface area (Å²) in [6, 6.07) is 9.09. The molecular formula is C13H12N2O2S2. The lowest BCUT2D eigenvalue weighted by molar-refractivity contribution is 0.0554. The van der Waals surface area contributed by atoms with E-state index in [1.807, 2.05) is 12.1 Å². The van der Waals surface area contributed by atoms with Crippen LogP contribution in [0.15, 0.2) is 29.3 Å². The fraction of sp³-hybridized carbons (Fsp3) is 0.308. The summed E-state index contributed by atoms with van der Waals surface area (Å²) in [6.45, 7) is 0.654. The number of nitriles is 1. The highest BCUT2D eigenvalue weighted by atomic mass is 32.2. The number of esters is 1. The molecule has 4 nitrogen and oxygen atoms in total. The molecule has 0 bridgehead atoms. The summed E-state index contributed by atoms with van der Waals surface area (Å²) in [4.78, 5) is 16.2. The first-order chi connectivity index (χ1) is 9.31. The van der Waals surface area contributed by atoms with Crippen molar-refractivity contribution < 1.29 is 9.53 Å². The van der Waals surface area contributed by atoms with E-state index in [0.29, 0.717) is 11.3 Å². The van der Waals surface area contributed by atoms with Crippen LogP contribution in [0.4, 0.5) is 0 Å². The van der Waals surface area contributed by atoms with Gasteiger partial charge in [0.15, 0.2) is 6.61 Å². The molecule has 0 radical (unpaired) electrons. The Balaban J connectivity index is 2.03. The Morgan fingerprint density at radius 1 is 1.53 bits per heavy atom. The van der Waals surface area contributed by atoms with Crippen LogP contribution in [0.2, 0.25) is 0 Å². The highest BCUT2D eigenvalue weighted by Crippen LogP contribution is 2.26. The molecule has 0 atom stereocenters. The van der Waals surface area contributed by atoms with Gasteiger partial charge in [0.05, 0.1) is 12.1 Å². The molecule has 0 aromatic heterocycles. The van der Waals surface area contributed by atoms with E-state index in [9.17, 15) is 4.79 Å². The first-order valence-corrected chi connectivity index (χ1v) is 7.70. The molecule has 1 heterocycles. The lowest BCUT2D eigenvalue weighted by atomic mass is 10.1. The molecule has 0 aliphatic carbocycles. The molecule has 0 N–H and O–H groups in total. The maximum absolute atomic E-state index is 11.8. The number of rotatable bonds is 4. The predicted molar refractivity (Wildman–Crippen MR) is 78.4 cm³/mol. The number of benzene rings is 1. The maximum Gasteiger partial charge on any atom is 0.339 e. The van der Waals surface area contributed by atoms with Crippen LogP contribution in [-0.2, 0) is 10.5 Å². The first-order valence-electron chi connectivity index (χ1n) is 5.73. The van der Waals surface area contributed by atoms with E-state index in [4.69, 9.17) is 10.00 Å². The van der Waals surface area contributed by atoms with Crippen molar-refractivity contribution in [3.05, 3.63) is 35.4 Å². The number of carbonyl (C=O) groups excluding carboxylic acids is 1. The van der Waals surface area contributed by atoms with Crippen molar-refractivity contribution >= 4 is 33.9 Å². The predicted octanol–water partition coefficient (Wildman–Crippen LogP) is 2.70. The molecule has 0 amide bonds. The Labute approximate surface area is 120 Å². The minimum atomic E-state index is -0.446. The van der Waals surface area contributed by atoms with Crippen molar-refractivity contribution in [3.63, 3.8) is 0 Å². The smallest absolute Gasteiger partial charge is 0.339 e. The van der Waals surface area contributed by atoms with Crippen LogP contribution in [0, 0.1) is 11.3 Å². The SMILES string of the molecule is N#CCOC(=O)c1ccccc1CSC1=NCCS1. The summed E-state index contributed by atoms with van der Waals surface area (Å²) < 4.78 is 5.91. The van der Waals surface area contributed by atoms with Crippen molar-refractivity contribution in [3.8, 4) is 6.07 Å². The highest BCUT2D eigenvalue weighted by molar-refractivity contribution is 8.38. The lowest BCUT2D eigenvalue weighted by Gasteiger charge is -2.07. The molecule has 1 aromatic rings. The van der Waals surface area contributed by atoms with Crippen LogP contribution in [0.25, 0.3) is 0 Å². The van der Waals surface area contributed by atoms with Gasteiger partial charge < -0.3 is 4.74 Å². The van der Waals surface area contributed by atoms with Crippen LogP contribution in [-0.4, -0.2) is 29.2 Å². The molecule has 1 aliphatic rings. The van der Waals surface area contributed by atoms with Crippen molar-refractivity contribution in [1.82, 2.24) is 0 Å². The second-order valence-corrected chi connectivity index (χ2v) is 5.98. The first kappa shape index (κ1) is 14.0. The summed E-state index contributed by atoms with van der Waals surface area (Å²) in [6.07, 6.45) is 0. The number of carbonyl (C=O) groups is 1. The van der Waals surface area contributed by atoms with E-state index < -0.39 is 5.97 Å². The van der Waals surface area contributed by atoms with Gasteiger partial charge in [0.1, 0.15) is 10.4 Å². The average Bonchev–Trinajstić information content (AvgIpc) is 2.96. The molecule has 98 valence electrons. The van der Waals surface area contributed by atoms with Gasteiger partial charge in [0, 0.05) is 11.5 Å². The number of hydrogen-bond acceptors (Lipinski definition) is 6. The van der Waals surface area contributed by atoms with Crippen LogP contribution in [0.3, 0.4) is 0 Å². The normalized spacial score (nSPS) is 13.7. The summed E-state index contributed by atoms with van der Waals surface area (Å²) in [5.41, 5.74) is 1.43. The molecule has 0 unspecified atom stereocenters. The van der Waals surface area contributed by atoms with Gasteiger partial charge in [-0.2, -0.15) is 5.26 Å². The van der Waals surface area contributed by atoms with Gasteiger partial charge >= 0.3 is 5.97 Å². The van der Waals surface area contributed by atoms with Crippen LogP contribution in [0.1, 0.15) is 15.9 Å². The standard InChI is InChI=1S/C13H12N2O2S2/c14-5-7-17-12(16)11-4-2-1-3-10(11)9-19-13-15-6-8-18-13/h1-4H,6-9H2. The molecular weight excluding hydrogens is 280 g/mol. The Kier molecular flexibility index (Phi) is 5.31. The van der Waals surface area contributed by atoms with E-state index in [1.54, 1.807) is 41.7 Å². The van der Waals surface area contributed by atoms with Gasteiger partial charge in [-0.1, -0.05) is 41.7 Å². The van der Waals surface area contributed by atoms with Gasteiger partial charge in [-0.05, 0) is 11.6 Å². The van der Waals surface area contributed by atoms with Crippen LogP contribution in [0.5, 0.6) is 0 Å². The molecule has 1 aromatic carbocycles. The van der Waals surface area contributed by atoms with E-state index in [0.717, 1.165) is 22.2 Å². The van der Waals surface area contributed by atoms with Crippen LogP contribution < -0.4 is 0 Å². The topological polar surface area (TPSA) is 62.4 Å². The average molecular weight is 292 g/mol. The third-order valence-corrected chi connectivity index (χ3v) is 4.72. The summed E-state index contributed by atoms with van der Waals surface area (Å²) in [7, 11) is 0. The third kappa shape index (κ3) is 4.01. The fourth-order valence-corrected chi connectivity index (χ4v) is 3.58. The molecule has 0 saturated carbocycles. The van der Waals surface area contributed by atoms with Gasteiger partial charge in [-0.25, -0.2) is 4.79 Å². The molecule has 0 fully saturated rings. The summed E-state index contributed by atoms with van der Waals surface area (Å²) in [5, 5.41) is 8.43. The Morgan fingerprint density at radius 3 is 3.11 bits per heavy atom. The Hall–Kier alpha value is -1.45. The number of hydrogen-bond donors (Lipinski definition) is 0. The molecule has 2 rings (SSSR count). The summed E-state index contributed by atoms with van der Waals surface area (Å²) >= 11 is 3.38. The Bertz CT molecular complexity index is 538. The Morgan fingerprint density at radius 2 is 2.37 bits per heavy atom. The van der Waals surface area contributed by atoms with Gasteiger partial charge in [-0.15, -0.1) is 0 Å². The zero-order valence-corrected chi connectivity index (χ0v) is 11.8. The van der Waals surface area contributed by atoms with Gasteiger partial charge in [0.2, 0.25) is 0 Å². The van der Waals surface area contributed by atoms with Gasteiger partial charge in [0.25, 0.3) is 0 Å². The molecule has 6 heteroatoms. The fourth-order valence-electron chi connectivity index (χ4n) is 1.56. The second-order valence-electron chi connectivity index (χ2n) is 3.68. The second kappa shape index (κ2) is 7.22. The zero-order chi connectivity index (χ0) is 13.5. The largest absolute Gasteiger partial charge is 0.447 e. The van der Waals surface area contributed by atoms with Gasteiger partial charge in [-0.3, -0.25) is 4.99 Å². The minimum Gasteiger partial charge on any atom is -0.447 e. The third-order valence-electron chi connectivity index (χ3n) is 2.41. The van der Waals surface area contributed by atoms with E-state index >= 15 is 0 Å². The lowest BCUT2D eigenvalue weighted by Crippen LogP contribution is -2.08. The zero-order valence-electron chi connectivity index (χ0n) is 10.2. The van der Waals surface area contributed by atoms with Crippen molar-refractivity contribution in [1.29, 1.82) is 5.26 Å².